The summed E-state index contributed by atoms with van der Waals surface area (Å²) in [6.07, 6.45) is 11.7. The van der Waals surface area contributed by atoms with E-state index in [0.717, 1.165) is 6.61 Å². The molecule has 1 aromatic carbocycles. The van der Waals surface area contributed by atoms with Gasteiger partial charge in [-0.3, -0.25) is 0 Å². The Morgan fingerprint density at radius 1 is 0.944 bits per heavy atom. The van der Waals surface area contributed by atoms with Crippen molar-refractivity contribution in [1.82, 2.24) is 0 Å². The highest BCUT2D eigenvalue weighted by Gasteiger charge is 2.43. The summed E-state index contributed by atoms with van der Waals surface area (Å²) in [5.41, 5.74) is 1.86. The first kappa shape index (κ1) is 12.2. The van der Waals surface area contributed by atoms with E-state index in [9.17, 15) is 0 Å². The van der Waals surface area contributed by atoms with Gasteiger partial charge in [-0.1, -0.05) is 56.0 Å². The van der Waals surface area contributed by atoms with Crippen molar-refractivity contribution < 1.29 is 4.74 Å². The van der Waals surface area contributed by atoms with Crippen molar-refractivity contribution in [3.63, 3.8) is 0 Å². The molecule has 1 nitrogen and oxygen atoms in total. The van der Waals surface area contributed by atoms with E-state index in [1.54, 1.807) is 0 Å². The molecule has 18 heavy (non-hydrogen) atoms. The van der Waals surface area contributed by atoms with Gasteiger partial charge in [-0.2, -0.15) is 0 Å². The van der Waals surface area contributed by atoms with Crippen LogP contribution in [-0.2, 0) is 11.3 Å². The van der Waals surface area contributed by atoms with Crippen LogP contribution in [0.5, 0.6) is 0 Å². The van der Waals surface area contributed by atoms with Crippen molar-refractivity contribution in [2.45, 2.75) is 64.1 Å². The van der Waals surface area contributed by atoms with E-state index < -0.39 is 0 Å². The van der Waals surface area contributed by atoms with E-state index >= 15 is 0 Å². The fourth-order valence-electron chi connectivity index (χ4n) is 3.97. The van der Waals surface area contributed by atoms with Crippen molar-refractivity contribution in [1.29, 1.82) is 0 Å². The maximum atomic E-state index is 6.28. The summed E-state index contributed by atoms with van der Waals surface area (Å²) in [5, 5.41) is 0. The number of hydrogen-bond donors (Lipinski definition) is 0. The minimum atomic E-state index is 0.526. The number of rotatable bonds is 3. The van der Waals surface area contributed by atoms with Crippen molar-refractivity contribution in [3.05, 3.63) is 35.9 Å². The fourth-order valence-corrected chi connectivity index (χ4v) is 3.97. The SMILES string of the molecule is c1ccc(COC2CCCC23CCCCC3)cc1. The van der Waals surface area contributed by atoms with Gasteiger partial charge in [0.05, 0.1) is 12.7 Å². The van der Waals surface area contributed by atoms with E-state index in [2.05, 4.69) is 30.3 Å². The Labute approximate surface area is 111 Å². The van der Waals surface area contributed by atoms with Crippen LogP contribution in [0.3, 0.4) is 0 Å². The molecule has 3 rings (SSSR count). The molecule has 0 bridgehead atoms. The number of benzene rings is 1. The van der Waals surface area contributed by atoms with E-state index in [0.29, 0.717) is 11.5 Å². The average molecular weight is 244 g/mol. The molecule has 0 radical (unpaired) electrons. The van der Waals surface area contributed by atoms with E-state index in [1.165, 1.54) is 56.9 Å². The summed E-state index contributed by atoms with van der Waals surface area (Å²) in [5.74, 6) is 0. The highest BCUT2D eigenvalue weighted by Crippen LogP contribution is 2.50. The molecule has 0 aliphatic heterocycles. The molecule has 0 aromatic heterocycles. The predicted octanol–water partition coefficient (Wildman–Crippen LogP) is 4.71. The van der Waals surface area contributed by atoms with Gasteiger partial charge in [-0.25, -0.2) is 0 Å². The molecule has 98 valence electrons. The van der Waals surface area contributed by atoms with Crippen LogP contribution in [0.25, 0.3) is 0 Å². The first-order valence-corrected chi connectivity index (χ1v) is 7.55. The molecule has 2 saturated carbocycles. The molecule has 0 N–H and O–H groups in total. The molecule has 0 amide bonds. The Kier molecular flexibility index (Phi) is 3.69. The third-order valence-corrected chi connectivity index (χ3v) is 4.97. The minimum Gasteiger partial charge on any atom is -0.373 e. The third-order valence-electron chi connectivity index (χ3n) is 4.97. The second-order valence-corrected chi connectivity index (χ2v) is 6.10. The third kappa shape index (κ3) is 2.47. The largest absolute Gasteiger partial charge is 0.373 e. The standard InChI is InChI=1S/C17H24O/c1-3-8-15(9-4-1)14-18-16-10-7-13-17(16)11-5-2-6-12-17/h1,3-4,8-9,16H,2,5-7,10-14H2. The molecule has 0 saturated heterocycles. The zero-order valence-corrected chi connectivity index (χ0v) is 11.2. The van der Waals surface area contributed by atoms with Crippen LogP contribution in [-0.4, -0.2) is 6.10 Å². The van der Waals surface area contributed by atoms with Crippen LogP contribution < -0.4 is 0 Å². The van der Waals surface area contributed by atoms with Gasteiger partial charge in [0.25, 0.3) is 0 Å². The lowest BCUT2D eigenvalue weighted by molar-refractivity contribution is -0.0478. The van der Waals surface area contributed by atoms with Crippen LogP contribution in [0, 0.1) is 5.41 Å². The maximum Gasteiger partial charge on any atom is 0.0720 e. The molecule has 1 aromatic rings. The normalized spacial score (nSPS) is 26.6. The lowest BCUT2D eigenvalue weighted by atomic mass is 9.71. The van der Waals surface area contributed by atoms with Gasteiger partial charge in [-0.15, -0.1) is 0 Å². The van der Waals surface area contributed by atoms with E-state index in [-0.39, 0.29) is 0 Å². The monoisotopic (exact) mass is 244 g/mol. The zero-order valence-electron chi connectivity index (χ0n) is 11.2. The van der Waals surface area contributed by atoms with Gasteiger partial charge in [0, 0.05) is 0 Å². The van der Waals surface area contributed by atoms with Crippen LogP contribution in [0.2, 0.25) is 0 Å². The minimum absolute atomic E-state index is 0.526. The Morgan fingerprint density at radius 2 is 1.67 bits per heavy atom. The topological polar surface area (TPSA) is 9.23 Å². The highest BCUT2D eigenvalue weighted by molar-refractivity contribution is 5.13. The lowest BCUT2D eigenvalue weighted by Crippen LogP contribution is -2.34. The summed E-state index contributed by atoms with van der Waals surface area (Å²) in [6, 6.07) is 10.6. The molecule has 2 aliphatic carbocycles. The van der Waals surface area contributed by atoms with Crippen LogP contribution in [0.15, 0.2) is 30.3 Å². The predicted molar refractivity (Wildman–Crippen MR) is 74.4 cm³/mol. The molecule has 0 heterocycles. The van der Waals surface area contributed by atoms with Gasteiger partial charge >= 0.3 is 0 Å². The van der Waals surface area contributed by atoms with Crippen molar-refractivity contribution in [2.75, 3.05) is 0 Å². The molecule has 1 atom stereocenters. The average Bonchev–Trinajstić information content (AvgIpc) is 2.81. The Morgan fingerprint density at radius 3 is 2.44 bits per heavy atom. The first-order chi connectivity index (χ1) is 8.89. The summed E-state index contributed by atoms with van der Waals surface area (Å²) in [6.45, 7) is 0.799. The second kappa shape index (κ2) is 5.44. The molecule has 2 fully saturated rings. The lowest BCUT2D eigenvalue weighted by Gasteiger charge is -2.38. The van der Waals surface area contributed by atoms with Crippen molar-refractivity contribution >= 4 is 0 Å². The molecular weight excluding hydrogens is 220 g/mol. The summed E-state index contributed by atoms with van der Waals surface area (Å²) in [4.78, 5) is 0. The van der Waals surface area contributed by atoms with Gasteiger partial charge in [-0.05, 0) is 36.7 Å². The quantitative estimate of drug-likeness (QED) is 0.748. The first-order valence-electron chi connectivity index (χ1n) is 7.55. The fraction of sp³-hybridized carbons (Fsp3) is 0.647. The van der Waals surface area contributed by atoms with E-state index in [1.807, 2.05) is 0 Å². The smallest absolute Gasteiger partial charge is 0.0720 e. The summed E-state index contributed by atoms with van der Waals surface area (Å²) >= 11 is 0. The molecule has 1 heteroatoms. The summed E-state index contributed by atoms with van der Waals surface area (Å²) in [7, 11) is 0. The maximum absolute atomic E-state index is 6.28. The molecule has 1 unspecified atom stereocenters. The van der Waals surface area contributed by atoms with Gasteiger partial charge in [0.15, 0.2) is 0 Å². The second-order valence-electron chi connectivity index (χ2n) is 6.10. The Hall–Kier alpha value is -0.820. The molecule has 1 spiro atoms. The van der Waals surface area contributed by atoms with Crippen molar-refractivity contribution in [2.24, 2.45) is 5.41 Å². The number of hydrogen-bond acceptors (Lipinski definition) is 1. The van der Waals surface area contributed by atoms with E-state index in [4.69, 9.17) is 4.74 Å². The van der Waals surface area contributed by atoms with Crippen LogP contribution >= 0.6 is 0 Å². The summed E-state index contributed by atoms with van der Waals surface area (Å²) < 4.78 is 6.28. The Balaban J connectivity index is 1.61. The van der Waals surface area contributed by atoms with Gasteiger partial charge in [0.1, 0.15) is 0 Å². The molecule has 2 aliphatic rings. The number of ether oxygens (including phenoxy) is 1. The Bertz CT molecular complexity index is 364. The van der Waals surface area contributed by atoms with Crippen LogP contribution in [0.4, 0.5) is 0 Å². The highest BCUT2D eigenvalue weighted by atomic mass is 16.5. The zero-order chi connectivity index (χ0) is 12.3. The van der Waals surface area contributed by atoms with Crippen LogP contribution in [0.1, 0.15) is 56.9 Å². The van der Waals surface area contributed by atoms with Crippen molar-refractivity contribution in [3.8, 4) is 0 Å². The van der Waals surface area contributed by atoms with Gasteiger partial charge < -0.3 is 4.74 Å². The van der Waals surface area contributed by atoms with Gasteiger partial charge in [0.2, 0.25) is 0 Å². The molecular formula is C17H24O.